The predicted molar refractivity (Wildman–Crippen MR) is 165 cm³/mol. The van der Waals surface area contributed by atoms with E-state index in [1.165, 1.54) is 17.7 Å². The summed E-state index contributed by atoms with van der Waals surface area (Å²) in [5.41, 5.74) is 5.48. The van der Waals surface area contributed by atoms with Gasteiger partial charge in [-0.1, -0.05) is 0 Å². The number of alkyl halides is 3. The number of nitrogens with zero attached hydrogens (tertiary/aromatic N) is 3. The molecule has 3 aromatic rings. The second-order valence-corrected chi connectivity index (χ2v) is 11.9. The standard InChI is InChI=1S/C35H40F3N3O3/c1-4-44-34(25-7-8-25)40-17-14-29(15-18-40)41(28-11-9-27(10-12-28)35(36,37)38)22-23-13-16-39-31(19-23)26-20-30(24-5-6-24)33(43-3)32(21-26)42-2/h9-13,16,19-21,24,29H,4-8,14-15,17-18,22H2,1-3H3. The highest BCUT2D eigenvalue weighted by molar-refractivity contribution is 5.68. The fourth-order valence-corrected chi connectivity index (χ4v) is 6.25. The number of anilines is 1. The van der Waals surface area contributed by atoms with Gasteiger partial charge in [0, 0.05) is 48.7 Å². The Kier molecular flexibility index (Phi) is 8.65. The molecule has 0 N–H and O–H groups in total. The summed E-state index contributed by atoms with van der Waals surface area (Å²) in [6, 6.07) is 13.9. The van der Waals surface area contributed by atoms with Crippen molar-refractivity contribution in [3.63, 3.8) is 0 Å². The molecule has 3 fully saturated rings. The molecule has 3 aliphatic rings. The fraction of sp³-hybridized carbons (Fsp3) is 0.457. The summed E-state index contributed by atoms with van der Waals surface area (Å²) in [6.45, 7) is 4.90. The van der Waals surface area contributed by atoms with Crippen LogP contribution in [0.15, 0.2) is 66.2 Å². The number of rotatable bonds is 11. The van der Waals surface area contributed by atoms with Crippen molar-refractivity contribution in [1.29, 1.82) is 0 Å². The van der Waals surface area contributed by atoms with Gasteiger partial charge < -0.3 is 24.0 Å². The summed E-state index contributed by atoms with van der Waals surface area (Å²) >= 11 is 0. The molecule has 1 aromatic heterocycles. The number of hydrogen-bond acceptors (Lipinski definition) is 6. The van der Waals surface area contributed by atoms with E-state index in [4.69, 9.17) is 19.2 Å². The van der Waals surface area contributed by atoms with Crippen molar-refractivity contribution in [3.8, 4) is 22.8 Å². The number of pyridine rings is 1. The van der Waals surface area contributed by atoms with Crippen LogP contribution in [0.25, 0.3) is 11.3 Å². The van der Waals surface area contributed by atoms with Crippen LogP contribution < -0.4 is 14.4 Å². The monoisotopic (exact) mass is 607 g/mol. The van der Waals surface area contributed by atoms with Crippen molar-refractivity contribution >= 4 is 5.69 Å². The lowest BCUT2D eigenvalue weighted by molar-refractivity contribution is -0.137. The van der Waals surface area contributed by atoms with Gasteiger partial charge in [0.1, 0.15) is 0 Å². The Morgan fingerprint density at radius 1 is 0.955 bits per heavy atom. The second-order valence-electron chi connectivity index (χ2n) is 11.9. The third-order valence-electron chi connectivity index (χ3n) is 8.80. The molecule has 0 radical (unpaired) electrons. The van der Waals surface area contributed by atoms with Crippen LogP contribution >= 0.6 is 0 Å². The number of likely N-dealkylation sites (tertiary alicyclic amines) is 1. The van der Waals surface area contributed by atoms with Crippen LogP contribution in [0.4, 0.5) is 18.9 Å². The molecule has 2 aliphatic carbocycles. The average Bonchev–Trinajstić information content (AvgIpc) is 3.96. The lowest BCUT2D eigenvalue weighted by atomic mass is 9.99. The SMILES string of the molecule is CCOC(=C1CC1)N1CCC(N(Cc2ccnc(-c3cc(OC)c(OC)c(C4CC4)c3)c2)c2ccc(C(F)(F)F)cc2)CC1. The molecule has 2 heterocycles. The first-order valence-electron chi connectivity index (χ1n) is 15.5. The second kappa shape index (κ2) is 12.6. The molecule has 1 saturated heterocycles. The van der Waals surface area contributed by atoms with E-state index >= 15 is 0 Å². The lowest BCUT2D eigenvalue weighted by Crippen LogP contribution is -2.44. The quantitative estimate of drug-likeness (QED) is 0.205. The number of methoxy groups -OCH3 is 2. The zero-order chi connectivity index (χ0) is 30.8. The van der Waals surface area contributed by atoms with Gasteiger partial charge in [-0.05, 0) is 111 Å². The Morgan fingerprint density at radius 3 is 2.27 bits per heavy atom. The molecule has 1 aliphatic heterocycles. The maximum Gasteiger partial charge on any atom is 0.416 e. The number of aromatic nitrogens is 1. The smallest absolute Gasteiger partial charge is 0.416 e. The molecule has 0 atom stereocenters. The maximum absolute atomic E-state index is 13.4. The average molecular weight is 608 g/mol. The number of benzene rings is 2. The molecular formula is C35H40F3N3O3. The summed E-state index contributed by atoms with van der Waals surface area (Å²) in [5.74, 6) is 2.96. The van der Waals surface area contributed by atoms with Crippen molar-refractivity contribution in [1.82, 2.24) is 9.88 Å². The Bertz CT molecular complexity index is 1490. The van der Waals surface area contributed by atoms with Gasteiger partial charge in [-0.25, -0.2) is 0 Å². The van der Waals surface area contributed by atoms with Gasteiger partial charge in [0.05, 0.1) is 32.1 Å². The predicted octanol–water partition coefficient (Wildman–Crippen LogP) is 8.17. The van der Waals surface area contributed by atoms with E-state index in [2.05, 4.69) is 21.9 Å². The Balaban J connectivity index is 1.28. The van der Waals surface area contributed by atoms with Crippen LogP contribution in [0.3, 0.4) is 0 Å². The van der Waals surface area contributed by atoms with Crippen LogP contribution in [0.5, 0.6) is 11.5 Å². The van der Waals surface area contributed by atoms with Gasteiger partial charge in [-0.3, -0.25) is 4.98 Å². The van der Waals surface area contributed by atoms with Crippen molar-refractivity contribution in [2.45, 2.75) is 70.1 Å². The van der Waals surface area contributed by atoms with Gasteiger partial charge in [0.25, 0.3) is 0 Å². The molecule has 234 valence electrons. The molecule has 0 amide bonds. The highest BCUT2D eigenvalue weighted by atomic mass is 19.4. The van der Waals surface area contributed by atoms with E-state index in [0.717, 1.165) is 91.3 Å². The van der Waals surface area contributed by atoms with E-state index in [1.54, 1.807) is 26.4 Å². The Morgan fingerprint density at radius 2 is 1.68 bits per heavy atom. The number of piperidine rings is 1. The largest absolute Gasteiger partial charge is 0.493 e. The minimum atomic E-state index is -4.38. The number of halogens is 3. The van der Waals surface area contributed by atoms with Crippen LogP contribution in [0.2, 0.25) is 0 Å². The van der Waals surface area contributed by atoms with Crippen molar-refractivity contribution < 1.29 is 27.4 Å². The van der Waals surface area contributed by atoms with E-state index in [1.807, 2.05) is 25.3 Å². The normalized spacial score (nSPS) is 17.0. The van der Waals surface area contributed by atoms with Crippen LogP contribution in [-0.4, -0.2) is 49.8 Å². The van der Waals surface area contributed by atoms with Crippen molar-refractivity contribution in [2.75, 3.05) is 38.8 Å². The van der Waals surface area contributed by atoms with E-state index in [9.17, 15) is 13.2 Å². The lowest BCUT2D eigenvalue weighted by Gasteiger charge is -2.41. The molecule has 0 spiro atoms. The molecule has 2 aromatic carbocycles. The summed E-state index contributed by atoms with van der Waals surface area (Å²) in [4.78, 5) is 9.29. The van der Waals surface area contributed by atoms with Gasteiger partial charge in [-0.15, -0.1) is 0 Å². The van der Waals surface area contributed by atoms with Crippen molar-refractivity contribution in [2.24, 2.45) is 0 Å². The third kappa shape index (κ3) is 6.61. The minimum Gasteiger partial charge on any atom is -0.493 e. The van der Waals surface area contributed by atoms with Gasteiger partial charge in [0.15, 0.2) is 17.4 Å². The van der Waals surface area contributed by atoms with Crippen LogP contribution in [-0.2, 0) is 17.5 Å². The highest BCUT2D eigenvalue weighted by Crippen LogP contribution is 2.49. The summed E-state index contributed by atoms with van der Waals surface area (Å²) < 4.78 is 57.6. The Hall–Kier alpha value is -3.88. The Labute approximate surface area is 257 Å². The fourth-order valence-electron chi connectivity index (χ4n) is 6.25. The van der Waals surface area contributed by atoms with Gasteiger partial charge in [0.2, 0.25) is 0 Å². The molecule has 9 heteroatoms. The van der Waals surface area contributed by atoms with Crippen molar-refractivity contribution in [3.05, 3.63) is 82.9 Å². The maximum atomic E-state index is 13.4. The van der Waals surface area contributed by atoms with Crippen LogP contribution in [0.1, 0.15) is 68.1 Å². The molecule has 2 saturated carbocycles. The first-order chi connectivity index (χ1) is 21.3. The molecule has 0 unspecified atom stereocenters. The molecule has 6 rings (SSSR count). The molecule has 44 heavy (non-hydrogen) atoms. The van der Waals surface area contributed by atoms with Crippen LogP contribution in [0, 0.1) is 0 Å². The topological polar surface area (TPSA) is 47.1 Å². The van der Waals surface area contributed by atoms with E-state index in [-0.39, 0.29) is 6.04 Å². The number of hydrogen-bond donors (Lipinski definition) is 0. The zero-order valence-electron chi connectivity index (χ0n) is 25.6. The molecule has 6 nitrogen and oxygen atoms in total. The highest BCUT2D eigenvalue weighted by Gasteiger charge is 2.33. The summed E-state index contributed by atoms with van der Waals surface area (Å²) in [6.07, 6.45) is 3.63. The van der Waals surface area contributed by atoms with E-state index in [0.29, 0.717) is 24.8 Å². The van der Waals surface area contributed by atoms with Gasteiger partial charge >= 0.3 is 6.18 Å². The molecular weight excluding hydrogens is 567 g/mol. The third-order valence-corrected chi connectivity index (χ3v) is 8.80. The summed E-state index contributed by atoms with van der Waals surface area (Å²) in [7, 11) is 3.32. The van der Waals surface area contributed by atoms with Gasteiger partial charge in [-0.2, -0.15) is 13.2 Å². The summed E-state index contributed by atoms with van der Waals surface area (Å²) in [5, 5.41) is 0. The first kappa shape index (κ1) is 30.2. The minimum absolute atomic E-state index is 0.161. The van der Waals surface area contributed by atoms with E-state index < -0.39 is 11.7 Å². The zero-order valence-corrected chi connectivity index (χ0v) is 25.6. The first-order valence-corrected chi connectivity index (χ1v) is 15.5. The number of ether oxygens (including phenoxy) is 3. The molecule has 0 bridgehead atoms. The number of allylic oxidation sites excluding steroid dienone is 1.